The normalized spacial score (nSPS) is 21.9. The van der Waals surface area contributed by atoms with Gasteiger partial charge in [0.05, 0.1) is 19.3 Å². The van der Waals surface area contributed by atoms with E-state index in [9.17, 15) is 14.4 Å². The molecule has 2 unspecified atom stereocenters. The van der Waals surface area contributed by atoms with E-state index in [1.165, 1.54) is 0 Å². The number of ketones is 2. The molecule has 2 aliphatic heterocycles. The summed E-state index contributed by atoms with van der Waals surface area (Å²) in [6.07, 6.45) is 0.725. The molecule has 0 radical (unpaired) electrons. The SMILES string of the molecule is Cc1ccc(C2C(C(=O)c3ccc(Cl)cc3)C(=O)C(=O)N2CCCN2CCOCC2)cc1. The molecule has 2 aromatic carbocycles. The van der Waals surface area contributed by atoms with E-state index in [-0.39, 0.29) is 5.78 Å². The minimum absolute atomic E-state index is 0.346. The van der Waals surface area contributed by atoms with Crippen LogP contribution in [0.5, 0.6) is 0 Å². The van der Waals surface area contributed by atoms with Gasteiger partial charge in [0.1, 0.15) is 5.92 Å². The molecule has 7 heteroatoms. The van der Waals surface area contributed by atoms with Gasteiger partial charge in [-0.15, -0.1) is 0 Å². The zero-order valence-corrected chi connectivity index (χ0v) is 18.9. The van der Waals surface area contributed by atoms with Crippen LogP contribution >= 0.6 is 11.6 Å². The summed E-state index contributed by atoms with van der Waals surface area (Å²) in [5.41, 5.74) is 2.25. The molecular weight excluding hydrogens is 428 g/mol. The summed E-state index contributed by atoms with van der Waals surface area (Å²) in [5.74, 6) is -2.62. The van der Waals surface area contributed by atoms with Crippen LogP contribution in [0.1, 0.15) is 33.9 Å². The Labute approximate surface area is 193 Å². The lowest BCUT2D eigenvalue weighted by Crippen LogP contribution is -2.39. The third-order valence-corrected chi connectivity index (χ3v) is 6.46. The molecule has 1 amide bonds. The number of nitrogens with zero attached hydrogens (tertiary/aromatic N) is 2. The zero-order chi connectivity index (χ0) is 22.7. The van der Waals surface area contributed by atoms with E-state index in [4.69, 9.17) is 16.3 Å². The van der Waals surface area contributed by atoms with Crippen molar-refractivity contribution in [1.29, 1.82) is 0 Å². The van der Waals surface area contributed by atoms with Gasteiger partial charge in [-0.2, -0.15) is 0 Å². The van der Waals surface area contributed by atoms with Crippen molar-refractivity contribution in [1.82, 2.24) is 9.80 Å². The van der Waals surface area contributed by atoms with E-state index in [2.05, 4.69) is 4.90 Å². The first-order chi connectivity index (χ1) is 15.5. The first kappa shape index (κ1) is 22.6. The summed E-state index contributed by atoms with van der Waals surface area (Å²) < 4.78 is 5.39. The van der Waals surface area contributed by atoms with Crippen molar-refractivity contribution in [2.75, 3.05) is 39.4 Å². The minimum atomic E-state index is -1.06. The second kappa shape index (κ2) is 9.94. The lowest BCUT2D eigenvalue weighted by atomic mass is 9.86. The summed E-state index contributed by atoms with van der Waals surface area (Å²) in [4.78, 5) is 43.3. The Hall–Kier alpha value is -2.54. The lowest BCUT2D eigenvalue weighted by Gasteiger charge is -2.30. The second-order valence-electron chi connectivity index (χ2n) is 8.37. The molecule has 2 atom stereocenters. The van der Waals surface area contributed by atoms with Gasteiger partial charge in [0.25, 0.3) is 5.91 Å². The molecule has 0 N–H and O–H groups in total. The average molecular weight is 455 g/mol. The quantitative estimate of drug-likeness (QED) is 0.365. The Morgan fingerprint density at radius 3 is 2.31 bits per heavy atom. The third-order valence-electron chi connectivity index (χ3n) is 6.21. The molecule has 0 spiro atoms. The Morgan fingerprint density at radius 2 is 1.66 bits per heavy atom. The third kappa shape index (κ3) is 4.77. The van der Waals surface area contributed by atoms with Crippen LogP contribution < -0.4 is 0 Å². The van der Waals surface area contributed by atoms with Crippen molar-refractivity contribution in [3.63, 3.8) is 0 Å². The summed E-state index contributed by atoms with van der Waals surface area (Å²) >= 11 is 5.96. The van der Waals surface area contributed by atoms with Crippen LogP contribution in [0.15, 0.2) is 48.5 Å². The molecule has 168 valence electrons. The Bertz CT molecular complexity index is 984. The standard InChI is InChI=1S/C25H27ClN2O4/c1-17-3-5-18(6-4-17)22-21(23(29)19-7-9-20(26)10-8-19)24(30)25(31)28(22)12-2-11-27-13-15-32-16-14-27/h3-10,21-22H,2,11-16H2,1H3. The van der Waals surface area contributed by atoms with Crippen LogP contribution in [0.3, 0.4) is 0 Å². The fourth-order valence-corrected chi connectivity index (χ4v) is 4.57. The van der Waals surface area contributed by atoms with Gasteiger partial charge in [0, 0.05) is 36.8 Å². The Balaban J connectivity index is 1.60. The van der Waals surface area contributed by atoms with Crippen molar-refractivity contribution in [3.8, 4) is 0 Å². The molecule has 4 rings (SSSR count). The van der Waals surface area contributed by atoms with Crippen molar-refractivity contribution in [2.45, 2.75) is 19.4 Å². The lowest BCUT2D eigenvalue weighted by molar-refractivity contribution is -0.140. The number of rotatable bonds is 7. The van der Waals surface area contributed by atoms with Gasteiger partial charge in [0.15, 0.2) is 5.78 Å². The van der Waals surface area contributed by atoms with Gasteiger partial charge >= 0.3 is 0 Å². The average Bonchev–Trinajstić information content (AvgIpc) is 3.05. The number of ether oxygens (including phenoxy) is 1. The highest BCUT2D eigenvalue weighted by atomic mass is 35.5. The fourth-order valence-electron chi connectivity index (χ4n) is 4.45. The molecule has 0 aliphatic carbocycles. The maximum absolute atomic E-state index is 13.4. The smallest absolute Gasteiger partial charge is 0.291 e. The van der Waals surface area contributed by atoms with Crippen molar-refractivity contribution in [2.24, 2.45) is 5.92 Å². The molecule has 0 bridgehead atoms. The number of Topliss-reactive ketones (excluding diaryl/α,β-unsaturated/α-hetero) is 2. The van der Waals surface area contributed by atoms with Crippen molar-refractivity contribution >= 4 is 29.1 Å². The number of halogens is 1. The van der Waals surface area contributed by atoms with Gasteiger partial charge in [-0.05, 0) is 43.2 Å². The van der Waals surface area contributed by atoms with E-state index in [1.807, 2.05) is 31.2 Å². The fraction of sp³-hybridized carbons (Fsp3) is 0.400. The summed E-state index contributed by atoms with van der Waals surface area (Å²) in [5, 5.41) is 0.509. The predicted molar refractivity (Wildman–Crippen MR) is 122 cm³/mol. The Kier molecular flexibility index (Phi) is 7.04. The topological polar surface area (TPSA) is 66.9 Å². The largest absolute Gasteiger partial charge is 0.379 e. The van der Waals surface area contributed by atoms with Crippen molar-refractivity contribution < 1.29 is 19.1 Å². The number of carbonyl (C=O) groups is 3. The molecule has 2 fully saturated rings. The van der Waals surface area contributed by atoms with E-state index in [0.29, 0.717) is 30.3 Å². The minimum Gasteiger partial charge on any atom is -0.379 e. The number of likely N-dealkylation sites (tertiary alicyclic amines) is 1. The van der Waals surface area contributed by atoms with Gasteiger partial charge in [0.2, 0.25) is 5.78 Å². The van der Waals surface area contributed by atoms with Crippen LogP contribution in [0, 0.1) is 12.8 Å². The number of carbonyl (C=O) groups excluding carboxylic acids is 3. The molecule has 2 aromatic rings. The summed E-state index contributed by atoms with van der Waals surface area (Å²) in [6, 6.07) is 13.5. The predicted octanol–water partition coefficient (Wildman–Crippen LogP) is 3.32. The number of aryl methyl sites for hydroxylation is 1. The first-order valence-electron chi connectivity index (χ1n) is 11.0. The molecule has 2 aliphatic rings. The highest BCUT2D eigenvalue weighted by Gasteiger charge is 2.51. The first-order valence-corrected chi connectivity index (χ1v) is 11.3. The van der Waals surface area contributed by atoms with Gasteiger partial charge in [-0.25, -0.2) is 0 Å². The number of amides is 1. The highest BCUT2D eigenvalue weighted by molar-refractivity contribution is 6.44. The summed E-state index contributed by atoms with van der Waals surface area (Å²) in [6.45, 7) is 6.38. The van der Waals surface area contributed by atoms with E-state index < -0.39 is 23.7 Å². The molecule has 2 heterocycles. The van der Waals surface area contributed by atoms with Crippen LogP contribution in [-0.2, 0) is 14.3 Å². The van der Waals surface area contributed by atoms with E-state index in [0.717, 1.165) is 37.2 Å². The van der Waals surface area contributed by atoms with Crippen LogP contribution in [0.2, 0.25) is 5.02 Å². The maximum Gasteiger partial charge on any atom is 0.291 e. The van der Waals surface area contributed by atoms with E-state index >= 15 is 0 Å². The molecular formula is C25H27ClN2O4. The van der Waals surface area contributed by atoms with Gasteiger partial charge < -0.3 is 9.64 Å². The maximum atomic E-state index is 13.4. The molecule has 0 saturated carbocycles. The van der Waals surface area contributed by atoms with Gasteiger partial charge in [-0.3, -0.25) is 19.3 Å². The van der Waals surface area contributed by atoms with Crippen LogP contribution in [0.4, 0.5) is 0 Å². The molecule has 6 nitrogen and oxygen atoms in total. The molecule has 32 heavy (non-hydrogen) atoms. The number of benzene rings is 2. The van der Waals surface area contributed by atoms with Crippen LogP contribution in [-0.4, -0.2) is 66.7 Å². The monoisotopic (exact) mass is 454 g/mol. The number of morpholine rings is 1. The number of hydrogen-bond donors (Lipinski definition) is 0. The van der Waals surface area contributed by atoms with E-state index in [1.54, 1.807) is 29.2 Å². The summed E-state index contributed by atoms with van der Waals surface area (Å²) in [7, 11) is 0. The highest BCUT2D eigenvalue weighted by Crippen LogP contribution is 2.38. The second-order valence-corrected chi connectivity index (χ2v) is 8.81. The van der Waals surface area contributed by atoms with Crippen LogP contribution in [0.25, 0.3) is 0 Å². The number of hydrogen-bond acceptors (Lipinski definition) is 5. The van der Waals surface area contributed by atoms with Crippen molar-refractivity contribution in [3.05, 3.63) is 70.2 Å². The molecule has 2 saturated heterocycles. The molecule has 0 aromatic heterocycles. The van der Waals surface area contributed by atoms with Gasteiger partial charge in [-0.1, -0.05) is 41.4 Å². The Morgan fingerprint density at radius 1 is 1.00 bits per heavy atom. The zero-order valence-electron chi connectivity index (χ0n) is 18.1.